The lowest BCUT2D eigenvalue weighted by Crippen LogP contribution is -2.15. The molecule has 3 aromatic rings. The topological polar surface area (TPSA) is 49.2 Å². The smallest absolute Gasteiger partial charge is 0.162 e. The number of ether oxygens (including phenoxy) is 2. The molecule has 0 saturated carbocycles. The molecule has 6 heteroatoms. The van der Waals surface area contributed by atoms with Crippen LogP contribution in [-0.4, -0.2) is 27.7 Å². The Morgan fingerprint density at radius 1 is 1.21 bits per heavy atom. The first-order valence-electron chi connectivity index (χ1n) is 8.18. The molecule has 1 aromatic carbocycles. The Labute approximate surface area is 144 Å². The van der Waals surface area contributed by atoms with Crippen LogP contribution in [0.1, 0.15) is 17.6 Å². The van der Waals surface area contributed by atoms with Crippen LogP contribution in [0.4, 0.5) is 0 Å². The Morgan fingerprint density at radius 2 is 2.08 bits per heavy atom. The van der Waals surface area contributed by atoms with Gasteiger partial charge in [0.05, 0.1) is 10.7 Å². The number of benzene rings is 1. The van der Waals surface area contributed by atoms with Crippen molar-refractivity contribution in [3.63, 3.8) is 0 Å². The van der Waals surface area contributed by atoms with E-state index in [1.54, 1.807) is 11.3 Å². The minimum Gasteiger partial charge on any atom is -0.486 e. The summed E-state index contributed by atoms with van der Waals surface area (Å²) >= 11 is 1.74. The summed E-state index contributed by atoms with van der Waals surface area (Å²) in [5.41, 5.74) is 2.19. The quantitative estimate of drug-likeness (QED) is 0.712. The number of imidazole rings is 1. The van der Waals surface area contributed by atoms with Crippen LogP contribution in [0.2, 0.25) is 0 Å². The van der Waals surface area contributed by atoms with Crippen LogP contribution in [0.25, 0.3) is 11.4 Å². The average molecular weight is 341 g/mol. The minimum absolute atomic E-state index is 0.592. The molecule has 2 aromatic heterocycles. The second-order valence-corrected chi connectivity index (χ2v) is 6.58. The molecule has 3 heterocycles. The molecular weight excluding hydrogens is 322 g/mol. The number of fused-ring (bicyclic) bond motifs is 1. The summed E-state index contributed by atoms with van der Waals surface area (Å²) in [5.74, 6) is 2.54. The van der Waals surface area contributed by atoms with Crippen molar-refractivity contribution in [1.29, 1.82) is 0 Å². The number of aryl methyl sites for hydroxylation is 3. The SMILES string of the molecule is CCc1nc(CCn2ccnc2-c2ccc3c(c2)OCCO3)cs1. The van der Waals surface area contributed by atoms with Crippen LogP contribution in [0, 0.1) is 0 Å². The van der Waals surface area contributed by atoms with E-state index in [1.807, 2.05) is 30.6 Å². The molecular formula is C18H19N3O2S. The van der Waals surface area contributed by atoms with Gasteiger partial charge in [0, 0.05) is 36.3 Å². The van der Waals surface area contributed by atoms with Crippen molar-refractivity contribution in [2.75, 3.05) is 13.2 Å². The molecule has 0 atom stereocenters. The van der Waals surface area contributed by atoms with Crippen LogP contribution >= 0.6 is 11.3 Å². The van der Waals surface area contributed by atoms with Gasteiger partial charge in [0.2, 0.25) is 0 Å². The zero-order valence-electron chi connectivity index (χ0n) is 13.6. The first kappa shape index (κ1) is 15.2. The van der Waals surface area contributed by atoms with E-state index in [0.29, 0.717) is 13.2 Å². The maximum Gasteiger partial charge on any atom is 0.162 e. The summed E-state index contributed by atoms with van der Waals surface area (Å²) in [6.45, 7) is 4.19. The highest BCUT2D eigenvalue weighted by Crippen LogP contribution is 2.34. The summed E-state index contributed by atoms with van der Waals surface area (Å²) in [7, 11) is 0. The van der Waals surface area contributed by atoms with Crippen molar-refractivity contribution in [3.8, 4) is 22.9 Å². The number of thiazole rings is 1. The highest BCUT2D eigenvalue weighted by Gasteiger charge is 2.14. The molecule has 0 saturated heterocycles. The highest BCUT2D eigenvalue weighted by atomic mass is 32.1. The predicted molar refractivity (Wildman–Crippen MR) is 93.8 cm³/mol. The van der Waals surface area contributed by atoms with Gasteiger partial charge in [-0.05, 0) is 24.6 Å². The number of hydrogen-bond donors (Lipinski definition) is 0. The third-order valence-corrected chi connectivity index (χ3v) is 5.07. The van der Waals surface area contributed by atoms with Crippen molar-refractivity contribution in [2.24, 2.45) is 0 Å². The molecule has 5 nitrogen and oxygen atoms in total. The standard InChI is InChI=1S/C18H19N3O2S/c1-2-17-20-14(12-24-17)5-7-21-8-6-19-18(21)13-3-4-15-16(11-13)23-10-9-22-15/h3-4,6,8,11-12H,2,5,7,9-10H2,1H3. The van der Waals surface area contributed by atoms with Gasteiger partial charge in [-0.1, -0.05) is 6.92 Å². The van der Waals surface area contributed by atoms with Crippen molar-refractivity contribution in [1.82, 2.24) is 14.5 Å². The van der Waals surface area contributed by atoms with Crippen LogP contribution in [0.5, 0.6) is 11.5 Å². The Balaban J connectivity index is 1.54. The number of aromatic nitrogens is 3. The number of rotatable bonds is 5. The molecule has 4 rings (SSSR count). The van der Waals surface area contributed by atoms with E-state index in [9.17, 15) is 0 Å². The Hall–Kier alpha value is -2.34. The zero-order chi connectivity index (χ0) is 16.4. The van der Waals surface area contributed by atoms with Crippen LogP contribution in [0.15, 0.2) is 36.0 Å². The molecule has 0 bridgehead atoms. The third kappa shape index (κ3) is 3.01. The molecule has 1 aliphatic heterocycles. The van der Waals surface area contributed by atoms with Gasteiger partial charge in [0.25, 0.3) is 0 Å². The van der Waals surface area contributed by atoms with Crippen LogP contribution < -0.4 is 9.47 Å². The molecule has 1 aliphatic rings. The van der Waals surface area contributed by atoms with Gasteiger partial charge in [-0.2, -0.15) is 0 Å². The van der Waals surface area contributed by atoms with Crippen molar-refractivity contribution in [2.45, 2.75) is 26.3 Å². The van der Waals surface area contributed by atoms with Gasteiger partial charge in [-0.15, -0.1) is 11.3 Å². The van der Waals surface area contributed by atoms with Crippen molar-refractivity contribution >= 4 is 11.3 Å². The van der Waals surface area contributed by atoms with E-state index in [2.05, 4.69) is 26.8 Å². The lowest BCUT2D eigenvalue weighted by Gasteiger charge is -2.19. The van der Waals surface area contributed by atoms with E-state index < -0.39 is 0 Å². The van der Waals surface area contributed by atoms with E-state index in [1.165, 1.54) is 5.01 Å². The molecule has 24 heavy (non-hydrogen) atoms. The fourth-order valence-electron chi connectivity index (χ4n) is 2.79. The fourth-order valence-corrected chi connectivity index (χ4v) is 3.57. The van der Waals surface area contributed by atoms with E-state index >= 15 is 0 Å². The van der Waals surface area contributed by atoms with Crippen molar-refractivity contribution < 1.29 is 9.47 Å². The normalized spacial score (nSPS) is 13.2. The molecule has 0 fully saturated rings. The summed E-state index contributed by atoms with van der Waals surface area (Å²) in [5, 5.41) is 3.35. The highest BCUT2D eigenvalue weighted by molar-refractivity contribution is 7.09. The number of hydrogen-bond acceptors (Lipinski definition) is 5. The molecule has 0 spiro atoms. The monoisotopic (exact) mass is 341 g/mol. The van der Waals surface area contributed by atoms with Gasteiger partial charge in [0.15, 0.2) is 11.5 Å². The van der Waals surface area contributed by atoms with Crippen LogP contribution in [-0.2, 0) is 19.4 Å². The van der Waals surface area contributed by atoms with E-state index in [-0.39, 0.29) is 0 Å². The maximum atomic E-state index is 5.68. The van der Waals surface area contributed by atoms with Crippen LogP contribution in [0.3, 0.4) is 0 Å². The molecule has 0 aliphatic carbocycles. The van der Waals surface area contributed by atoms with E-state index in [0.717, 1.165) is 48.0 Å². The van der Waals surface area contributed by atoms with Gasteiger partial charge in [-0.3, -0.25) is 0 Å². The predicted octanol–water partition coefficient (Wildman–Crippen LogP) is 3.58. The summed E-state index contributed by atoms with van der Waals surface area (Å²) < 4.78 is 13.4. The minimum atomic E-state index is 0.592. The Morgan fingerprint density at radius 3 is 2.92 bits per heavy atom. The van der Waals surface area contributed by atoms with Gasteiger partial charge in [-0.25, -0.2) is 9.97 Å². The second-order valence-electron chi connectivity index (χ2n) is 5.64. The lowest BCUT2D eigenvalue weighted by atomic mass is 10.1. The van der Waals surface area contributed by atoms with Gasteiger partial charge < -0.3 is 14.0 Å². The van der Waals surface area contributed by atoms with Gasteiger partial charge in [0.1, 0.15) is 19.0 Å². The zero-order valence-corrected chi connectivity index (χ0v) is 14.4. The van der Waals surface area contributed by atoms with Gasteiger partial charge >= 0.3 is 0 Å². The maximum absolute atomic E-state index is 5.68. The first-order valence-corrected chi connectivity index (χ1v) is 9.06. The van der Waals surface area contributed by atoms with E-state index in [4.69, 9.17) is 9.47 Å². The molecule has 0 amide bonds. The summed E-state index contributed by atoms with van der Waals surface area (Å²) in [4.78, 5) is 9.15. The summed E-state index contributed by atoms with van der Waals surface area (Å²) in [6, 6.07) is 5.99. The molecule has 0 radical (unpaired) electrons. The second kappa shape index (κ2) is 6.65. The molecule has 0 unspecified atom stereocenters. The average Bonchev–Trinajstić information content (AvgIpc) is 3.28. The summed E-state index contributed by atoms with van der Waals surface area (Å²) in [6.07, 6.45) is 5.76. The third-order valence-electron chi connectivity index (χ3n) is 4.03. The molecule has 124 valence electrons. The largest absolute Gasteiger partial charge is 0.486 e. The molecule has 0 N–H and O–H groups in total. The van der Waals surface area contributed by atoms with Crippen molar-refractivity contribution in [3.05, 3.63) is 46.7 Å². The number of nitrogens with zero attached hydrogens (tertiary/aromatic N) is 3. The first-order chi connectivity index (χ1) is 11.8. The Bertz CT molecular complexity index is 840. The Kier molecular flexibility index (Phi) is 4.21. The lowest BCUT2D eigenvalue weighted by molar-refractivity contribution is 0.171. The fraction of sp³-hybridized carbons (Fsp3) is 0.333.